The lowest BCUT2D eigenvalue weighted by Gasteiger charge is -2.14. The summed E-state index contributed by atoms with van der Waals surface area (Å²) < 4.78 is 5.57. The van der Waals surface area contributed by atoms with Crippen LogP contribution >= 0.6 is 11.8 Å². The van der Waals surface area contributed by atoms with Crippen molar-refractivity contribution in [3.05, 3.63) is 28.3 Å². The second-order valence-electron chi connectivity index (χ2n) is 5.25. The largest absolute Gasteiger partial charge is 0.491 e. The zero-order valence-electron chi connectivity index (χ0n) is 11.8. The molecule has 1 N–H and O–H groups in total. The van der Waals surface area contributed by atoms with Gasteiger partial charge < -0.3 is 10.1 Å². The van der Waals surface area contributed by atoms with Crippen LogP contribution in [0.3, 0.4) is 0 Å². The average Bonchev–Trinajstić information content (AvgIpc) is 2.88. The number of nitro groups is 1. The summed E-state index contributed by atoms with van der Waals surface area (Å²) in [7, 11) is 0. The SMILES string of the molecule is CC(C)Oc1cc(NCC2CCSC2)cc([N+](=O)[O-])c1. The first-order valence-electron chi connectivity index (χ1n) is 6.82. The van der Waals surface area contributed by atoms with Crippen molar-refractivity contribution >= 4 is 23.1 Å². The van der Waals surface area contributed by atoms with Crippen LogP contribution in [0, 0.1) is 16.0 Å². The van der Waals surface area contributed by atoms with Crippen molar-refractivity contribution in [3.63, 3.8) is 0 Å². The van der Waals surface area contributed by atoms with E-state index in [1.54, 1.807) is 6.07 Å². The Hall–Kier alpha value is -1.43. The van der Waals surface area contributed by atoms with Gasteiger partial charge in [-0.05, 0) is 37.7 Å². The Morgan fingerprint density at radius 1 is 1.50 bits per heavy atom. The van der Waals surface area contributed by atoms with Crippen molar-refractivity contribution in [1.29, 1.82) is 0 Å². The molecule has 1 aliphatic heterocycles. The van der Waals surface area contributed by atoms with Gasteiger partial charge in [0.05, 0.1) is 17.1 Å². The molecule has 0 amide bonds. The van der Waals surface area contributed by atoms with E-state index in [0.717, 1.165) is 18.0 Å². The molecule has 1 unspecified atom stereocenters. The van der Waals surface area contributed by atoms with Crippen molar-refractivity contribution in [1.82, 2.24) is 0 Å². The maximum Gasteiger partial charge on any atom is 0.275 e. The Morgan fingerprint density at radius 3 is 2.90 bits per heavy atom. The van der Waals surface area contributed by atoms with E-state index >= 15 is 0 Å². The maximum absolute atomic E-state index is 11.0. The minimum atomic E-state index is -0.385. The standard InChI is InChI=1S/C14H20N2O3S/c1-10(2)19-14-6-12(5-13(7-14)16(17)18)15-8-11-3-4-20-9-11/h5-7,10-11,15H,3-4,8-9H2,1-2H3. The first-order chi connectivity index (χ1) is 9.54. The molecule has 6 heteroatoms. The number of nitrogens with zero attached hydrogens (tertiary/aromatic N) is 1. The molecule has 1 atom stereocenters. The summed E-state index contributed by atoms with van der Waals surface area (Å²) in [5, 5.41) is 14.3. The molecule has 20 heavy (non-hydrogen) atoms. The van der Waals surface area contributed by atoms with E-state index in [9.17, 15) is 10.1 Å². The van der Waals surface area contributed by atoms with Crippen LogP contribution < -0.4 is 10.1 Å². The van der Waals surface area contributed by atoms with Crippen LogP contribution in [0.15, 0.2) is 18.2 Å². The van der Waals surface area contributed by atoms with E-state index in [1.165, 1.54) is 18.2 Å². The highest BCUT2D eigenvalue weighted by atomic mass is 32.2. The fourth-order valence-electron chi connectivity index (χ4n) is 2.14. The predicted molar refractivity (Wildman–Crippen MR) is 82.8 cm³/mol. The zero-order chi connectivity index (χ0) is 14.5. The van der Waals surface area contributed by atoms with Gasteiger partial charge in [-0.2, -0.15) is 11.8 Å². The van der Waals surface area contributed by atoms with E-state index in [4.69, 9.17) is 4.74 Å². The Morgan fingerprint density at radius 2 is 2.30 bits per heavy atom. The lowest BCUT2D eigenvalue weighted by molar-refractivity contribution is -0.384. The maximum atomic E-state index is 11.0. The van der Waals surface area contributed by atoms with Crippen molar-refractivity contribution < 1.29 is 9.66 Å². The van der Waals surface area contributed by atoms with Crippen LogP contribution in [-0.4, -0.2) is 29.1 Å². The van der Waals surface area contributed by atoms with E-state index in [-0.39, 0.29) is 16.7 Å². The number of thioether (sulfide) groups is 1. The van der Waals surface area contributed by atoms with Crippen LogP contribution in [0.25, 0.3) is 0 Å². The van der Waals surface area contributed by atoms with E-state index in [1.807, 2.05) is 31.7 Å². The molecule has 0 spiro atoms. The topological polar surface area (TPSA) is 64.4 Å². The smallest absolute Gasteiger partial charge is 0.275 e. The molecular weight excluding hydrogens is 276 g/mol. The predicted octanol–water partition coefficient (Wildman–Crippen LogP) is 3.55. The van der Waals surface area contributed by atoms with Gasteiger partial charge in [0.25, 0.3) is 5.69 Å². The molecular formula is C14H20N2O3S. The van der Waals surface area contributed by atoms with E-state index < -0.39 is 0 Å². The van der Waals surface area contributed by atoms with Gasteiger partial charge in [-0.15, -0.1) is 0 Å². The van der Waals surface area contributed by atoms with Gasteiger partial charge in [0, 0.05) is 24.4 Å². The fourth-order valence-corrected chi connectivity index (χ4v) is 3.42. The summed E-state index contributed by atoms with van der Waals surface area (Å²) >= 11 is 1.96. The second-order valence-corrected chi connectivity index (χ2v) is 6.40. The van der Waals surface area contributed by atoms with E-state index in [2.05, 4.69) is 5.32 Å². The lowest BCUT2D eigenvalue weighted by Crippen LogP contribution is -2.14. The lowest BCUT2D eigenvalue weighted by atomic mass is 10.1. The van der Waals surface area contributed by atoms with Crippen molar-refractivity contribution in [2.45, 2.75) is 26.4 Å². The summed E-state index contributed by atoms with van der Waals surface area (Å²) in [6.45, 7) is 4.67. The Balaban J connectivity index is 2.08. The highest BCUT2D eigenvalue weighted by Gasteiger charge is 2.16. The number of non-ortho nitro benzene ring substituents is 1. The molecule has 0 bridgehead atoms. The molecule has 1 aromatic carbocycles. The van der Waals surface area contributed by atoms with Crippen molar-refractivity contribution in [2.75, 3.05) is 23.4 Å². The van der Waals surface area contributed by atoms with E-state index in [0.29, 0.717) is 11.7 Å². The third kappa shape index (κ3) is 4.30. The van der Waals surface area contributed by atoms with Crippen molar-refractivity contribution in [2.24, 2.45) is 5.92 Å². The Bertz CT molecular complexity index is 473. The molecule has 1 fully saturated rings. The number of hydrogen-bond donors (Lipinski definition) is 1. The summed E-state index contributed by atoms with van der Waals surface area (Å²) in [6, 6.07) is 4.86. The molecule has 1 aromatic rings. The van der Waals surface area contributed by atoms with Gasteiger partial charge in [0.2, 0.25) is 0 Å². The van der Waals surface area contributed by atoms with Gasteiger partial charge in [-0.1, -0.05) is 0 Å². The first-order valence-corrected chi connectivity index (χ1v) is 7.98. The summed E-state index contributed by atoms with van der Waals surface area (Å²) in [5.41, 5.74) is 0.818. The number of nitrogens with one attached hydrogen (secondary N) is 1. The highest BCUT2D eigenvalue weighted by molar-refractivity contribution is 7.99. The first kappa shape index (κ1) is 15.0. The zero-order valence-corrected chi connectivity index (χ0v) is 12.6. The van der Waals surface area contributed by atoms with Crippen LogP contribution in [0.5, 0.6) is 5.75 Å². The number of rotatable bonds is 6. The summed E-state index contributed by atoms with van der Waals surface area (Å²) in [4.78, 5) is 10.6. The molecule has 1 saturated heterocycles. The molecule has 0 radical (unpaired) electrons. The minimum Gasteiger partial charge on any atom is -0.491 e. The minimum absolute atomic E-state index is 0.00362. The van der Waals surface area contributed by atoms with Crippen LogP contribution in [0.4, 0.5) is 11.4 Å². The Kier molecular flexibility index (Phi) is 5.11. The van der Waals surface area contributed by atoms with Crippen LogP contribution in [0.2, 0.25) is 0 Å². The number of nitro benzene ring substituents is 1. The number of anilines is 1. The van der Waals surface area contributed by atoms with Crippen LogP contribution in [0.1, 0.15) is 20.3 Å². The second kappa shape index (κ2) is 6.83. The van der Waals surface area contributed by atoms with Crippen molar-refractivity contribution in [3.8, 4) is 5.75 Å². The monoisotopic (exact) mass is 296 g/mol. The quantitative estimate of drug-likeness (QED) is 0.642. The molecule has 5 nitrogen and oxygen atoms in total. The molecule has 0 saturated carbocycles. The summed E-state index contributed by atoms with van der Waals surface area (Å²) in [5.74, 6) is 3.56. The number of benzene rings is 1. The molecule has 110 valence electrons. The third-order valence-electron chi connectivity index (χ3n) is 3.09. The number of hydrogen-bond acceptors (Lipinski definition) is 5. The third-order valence-corrected chi connectivity index (χ3v) is 4.32. The molecule has 1 heterocycles. The molecule has 1 aliphatic rings. The number of ether oxygens (including phenoxy) is 1. The van der Waals surface area contributed by atoms with Gasteiger partial charge in [0.1, 0.15) is 5.75 Å². The Labute approximate surface area is 123 Å². The van der Waals surface area contributed by atoms with Gasteiger partial charge in [0.15, 0.2) is 0 Å². The van der Waals surface area contributed by atoms with Gasteiger partial charge >= 0.3 is 0 Å². The fraction of sp³-hybridized carbons (Fsp3) is 0.571. The molecule has 2 rings (SSSR count). The normalized spacial score (nSPS) is 18.2. The van der Waals surface area contributed by atoms with Crippen LogP contribution in [-0.2, 0) is 0 Å². The van der Waals surface area contributed by atoms with Gasteiger partial charge in [-0.25, -0.2) is 0 Å². The van der Waals surface area contributed by atoms with Gasteiger partial charge in [-0.3, -0.25) is 10.1 Å². The summed E-state index contributed by atoms with van der Waals surface area (Å²) in [6.07, 6.45) is 1.21. The highest BCUT2D eigenvalue weighted by Crippen LogP contribution is 2.28. The average molecular weight is 296 g/mol. The molecule has 0 aliphatic carbocycles. The molecule has 0 aromatic heterocycles.